The number of para-hydroxylation sites is 1. The number of aromatic nitrogens is 3. The lowest BCUT2D eigenvalue weighted by molar-refractivity contribution is -0.123. The minimum absolute atomic E-state index is 0.0787. The zero-order valence-electron chi connectivity index (χ0n) is 12.5. The lowest BCUT2D eigenvalue weighted by atomic mass is 9.84. The van der Waals surface area contributed by atoms with Crippen molar-refractivity contribution in [1.29, 1.82) is 0 Å². The Balaban J connectivity index is 1.62. The van der Waals surface area contributed by atoms with Crippen LogP contribution in [0.2, 0.25) is 0 Å². The fraction of sp³-hybridized carbons (Fsp3) is 0.438. The second-order valence-electron chi connectivity index (χ2n) is 5.72. The molecule has 1 aliphatic carbocycles. The molecule has 0 unspecified atom stereocenters. The highest BCUT2D eigenvalue weighted by molar-refractivity contribution is 5.77. The number of nitrogens with zero attached hydrogens (tertiary/aromatic N) is 3. The van der Waals surface area contributed by atoms with Gasteiger partial charge in [0.25, 0.3) is 0 Å². The van der Waals surface area contributed by atoms with Gasteiger partial charge in [0.1, 0.15) is 6.33 Å². The van der Waals surface area contributed by atoms with Crippen molar-refractivity contribution in [2.24, 2.45) is 11.7 Å². The molecule has 2 atom stereocenters. The molecule has 1 aromatic heterocycles. The van der Waals surface area contributed by atoms with E-state index in [0.29, 0.717) is 6.54 Å². The van der Waals surface area contributed by atoms with Gasteiger partial charge in [-0.1, -0.05) is 31.0 Å². The maximum absolute atomic E-state index is 11.5. The van der Waals surface area contributed by atoms with Crippen LogP contribution >= 0.6 is 0 Å². The molecule has 0 bridgehead atoms. The molecule has 3 rings (SSSR count). The first-order chi connectivity index (χ1) is 10.7. The summed E-state index contributed by atoms with van der Waals surface area (Å²) in [6, 6.07) is 10.0. The Morgan fingerprint density at radius 1 is 1.27 bits per heavy atom. The van der Waals surface area contributed by atoms with Crippen molar-refractivity contribution in [3.63, 3.8) is 0 Å². The molecule has 1 amide bonds. The van der Waals surface area contributed by atoms with Gasteiger partial charge in [-0.2, -0.15) is 0 Å². The van der Waals surface area contributed by atoms with Gasteiger partial charge in [0.05, 0.1) is 18.2 Å². The fourth-order valence-electron chi connectivity index (χ4n) is 3.02. The van der Waals surface area contributed by atoms with Crippen LogP contribution in [-0.4, -0.2) is 26.7 Å². The van der Waals surface area contributed by atoms with E-state index in [1.807, 2.05) is 30.3 Å². The van der Waals surface area contributed by atoms with Crippen LogP contribution in [0.4, 0.5) is 0 Å². The van der Waals surface area contributed by atoms with Crippen molar-refractivity contribution in [3.05, 3.63) is 42.5 Å². The highest BCUT2D eigenvalue weighted by Gasteiger charge is 2.29. The average Bonchev–Trinajstić information content (AvgIpc) is 3.03. The first kappa shape index (κ1) is 14.7. The van der Waals surface area contributed by atoms with Crippen molar-refractivity contribution in [2.75, 3.05) is 0 Å². The summed E-state index contributed by atoms with van der Waals surface area (Å²) in [4.78, 5) is 15.8. The van der Waals surface area contributed by atoms with Gasteiger partial charge < -0.3 is 11.1 Å². The Hall–Kier alpha value is -2.21. The molecule has 1 fully saturated rings. The molecule has 116 valence electrons. The average molecular weight is 299 g/mol. The van der Waals surface area contributed by atoms with Crippen LogP contribution in [-0.2, 0) is 11.3 Å². The molecule has 1 aromatic carbocycles. The van der Waals surface area contributed by atoms with Crippen LogP contribution in [0.25, 0.3) is 5.69 Å². The molecule has 1 saturated carbocycles. The zero-order chi connectivity index (χ0) is 15.4. The van der Waals surface area contributed by atoms with Gasteiger partial charge in [-0.05, 0) is 25.0 Å². The number of primary amides is 1. The molecular formula is C16H21N5O. The lowest BCUT2D eigenvalue weighted by Crippen LogP contribution is -2.44. The van der Waals surface area contributed by atoms with E-state index in [4.69, 9.17) is 5.73 Å². The Morgan fingerprint density at radius 2 is 2.05 bits per heavy atom. The number of rotatable bonds is 5. The summed E-state index contributed by atoms with van der Waals surface area (Å²) in [6.07, 6.45) is 5.77. The maximum Gasteiger partial charge on any atom is 0.222 e. The van der Waals surface area contributed by atoms with E-state index in [1.54, 1.807) is 11.0 Å². The predicted octanol–water partition coefficient (Wildman–Crippen LogP) is 1.40. The van der Waals surface area contributed by atoms with E-state index in [2.05, 4.69) is 15.4 Å². The molecule has 22 heavy (non-hydrogen) atoms. The van der Waals surface area contributed by atoms with Crippen molar-refractivity contribution in [2.45, 2.75) is 38.3 Å². The quantitative estimate of drug-likeness (QED) is 0.874. The van der Waals surface area contributed by atoms with Crippen molar-refractivity contribution < 1.29 is 4.79 Å². The van der Waals surface area contributed by atoms with E-state index >= 15 is 0 Å². The minimum Gasteiger partial charge on any atom is -0.369 e. The van der Waals surface area contributed by atoms with Gasteiger partial charge >= 0.3 is 0 Å². The molecule has 6 heteroatoms. The molecular weight excluding hydrogens is 278 g/mol. The molecule has 1 aliphatic rings. The van der Waals surface area contributed by atoms with Crippen LogP contribution < -0.4 is 11.1 Å². The summed E-state index contributed by atoms with van der Waals surface area (Å²) < 4.78 is 1.75. The number of hydrogen-bond donors (Lipinski definition) is 2. The molecule has 3 N–H and O–H groups in total. The second kappa shape index (κ2) is 6.70. The number of carbonyl (C=O) groups is 1. The van der Waals surface area contributed by atoms with E-state index in [0.717, 1.165) is 37.2 Å². The summed E-state index contributed by atoms with van der Waals surface area (Å²) in [7, 11) is 0. The highest BCUT2D eigenvalue weighted by atomic mass is 16.1. The number of nitrogens with two attached hydrogens (primary N) is 1. The number of hydrogen-bond acceptors (Lipinski definition) is 4. The van der Waals surface area contributed by atoms with Gasteiger partial charge in [0.15, 0.2) is 5.82 Å². The van der Waals surface area contributed by atoms with Gasteiger partial charge in [-0.3, -0.25) is 4.79 Å². The standard InChI is InChI=1S/C16H21N5O/c17-16(22)13-8-4-5-9-14(13)18-10-15-19-11-21(20-15)12-6-2-1-3-7-12/h1-3,6-7,11,13-14,18H,4-5,8-10H2,(H2,17,22)/t13-,14+/m0/s1. The molecule has 2 aromatic rings. The van der Waals surface area contributed by atoms with Crippen LogP contribution in [0.15, 0.2) is 36.7 Å². The molecule has 6 nitrogen and oxygen atoms in total. The first-order valence-electron chi connectivity index (χ1n) is 7.72. The van der Waals surface area contributed by atoms with E-state index in [1.165, 1.54) is 0 Å². The van der Waals surface area contributed by atoms with Crippen molar-refractivity contribution in [3.8, 4) is 5.69 Å². The minimum atomic E-state index is -0.208. The third-order valence-electron chi connectivity index (χ3n) is 4.21. The topological polar surface area (TPSA) is 85.8 Å². The van der Waals surface area contributed by atoms with Crippen LogP contribution in [0, 0.1) is 5.92 Å². The number of amides is 1. The van der Waals surface area contributed by atoms with E-state index in [9.17, 15) is 4.79 Å². The van der Waals surface area contributed by atoms with Crippen molar-refractivity contribution >= 4 is 5.91 Å². The molecule has 0 spiro atoms. The van der Waals surface area contributed by atoms with E-state index < -0.39 is 0 Å². The van der Waals surface area contributed by atoms with E-state index in [-0.39, 0.29) is 17.9 Å². The summed E-state index contributed by atoms with van der Waals surface area (Å²) in [5.74, 6) is 0.433. The Morgan fingerprint density at radius 3 is 2.82 bits per heavy atom. The third kappa shape index (κ3) is 3.33. The molecule has 0 aliphatic heterocycles. The first-order valence-corrected chi connectivity index (χ1v) is 7.72. The Kier molecular flexibility index (Phi) is 4.48. The van der Waals surface area contributed by atoms with Gasteiger partial charge in [0, 0.05) is 6.04 Å². The smallest absolute Gasteiger partial charge is 0.222 e. The fourth-order valence-corrected chi connectivity index (χ4v) is 3.02. The molecule has 1 heterocycles. The van der Waals surface area contributed by atoms with Crippen LogP contribution in [0.1, 0.15) is 31.5 Å². The van der Waals surface area contributed by atoms with Gasteiger partial charge in [-0.15, -0.1) is 5.10 Å². The largest absolute Gasteiger partial charge is 0.369 e. The number of benzene rings is 1. The summed E-state index contributed by atoms with van der Waals surface area (Å²) in [5, 5.41) is 7.86. The number of carbonyl (C=O) groups excluding carboxylic acids is 1. The Labute approximate surface area is 129 Å². The Bertz CT molecular complexity index is 624. The maximum atomic E-state index is 11.5. The summed E-state index contributed by atoms with van der Waals surface area (Å²) in [6.45, 7) is 0.550. The lowest BCUT2D eigenvalue weighted by Gasteiger charge is -2.29. The number of nitrogens with one attached hydrogen (secondary N) is 1. The molecule has 0 radical (unpaired) electrons. The normalized spacial score (nSPS) is 21.6. The predicted molar refractivity (Wildman–Crippen MR) is 83.1 cm³/mol. The summed E-state index contributed by atoms with van der Waals surface area (Å²) in [5.41, 5.74) is 6.47. The second-order valence-corrected chi connectivity index (χ2v) is 5.72. The van der Waals surface area contributed by atoms with Gasteiger partial charge in [0.2, 0.25) is 5.91 Å². The highest BCUT2D eigenvalue weighted by Crippen LogP contribution is 2.24. The molecule has 0 saturated heterocycles. The van der Waals surface area contributed by atoms with Crippen LogP contribution in [0.5, 0.6) is 0 Å². The van der Waals surface area contributed by atoms with Gasteiger partial charge in [-0.25, -0.2) is 9.67 Å². The third-order valence-corrected chi connectivity index (χ3v) is 4.21. The van der Waals surface area contributed by atoms with Crippen LogP contribution in [0.3, 0.4) is 0 Å². The zero-order valence-corrected chi connectivity index (χ0v) is 12.5. The van der Waals surface area contributed by atoms with Crippen molar-refractivity contribution in [1.82, 2.24) is 20.1 Å². The summed E-state index contributed by atoms with van der Waals surface area (Å²) >= 11 is 0. The SMILES string of the molecule is NC(=O)[C@H]1CCCC[C@H]1NCc1ncn(-c2ccccc2)n1. The monoisotopic (exact) mass is 299 g/mol.